The molecule has 2 heterocycles. The summed E-state index contributed by atoms with van der Waals surface area (Å²) in [6, 6.07) is 0. The van der Waals surface area contributed by atoms with Crippen molar-refractivity contribution in [1.29, 1.82) is 0 Å². The van der Waals surface area contributed by atoms with Crippen molar-refractivity contribution in [2.24, 2.45) is 17.3 Å². The molecule has 0 radical (unpaired) electrons. The first kappa shape index (κ1) is 14.3. The minimum atomic E-state index is -0.820. The third kappa shape index (κ3) is 2.36. The van der Waals surface area contributed by atoms with Gasteiger partial charge in [-0.15, -0.1) is 0 Å². The Hall–Kier alpha value is -1.10. The summed E-state index contributed by atoms with van der Waals surface area (Å²) in [5.41, 5.74) is -0.798. The number of carboxylic acid groups (broad SMARTS) is 1. The Kier molecular flexibility index (Phi) is 3.60. The first-order chi connectivity index (χ1) is 8.76. The molecule has 108 valence electrons. The minimum absolute atomic E-state index is 0.0503. The molecule has 5 atom stereocenters. The third-order valence-corrected chi connectivity index (χ3v) is 4.83. The van der Waals surface area contributed by atoms with E-state index >= 15 is 0 Å². The summed E-state index contributed by atoms with van der Waals surface area (Å²) in [6.45, 7) is 8.50. The lowest BCUT2D eigenvalue weighted by atomic mass is 9.88. The van der Waals surface area contributed by atoms with Crippen LogP contribution in [0.2, 0.25) is 0 Å². The number of likely N-dealkylation sites (tertiary alicyclic amines) is 1. The molecule has 0 aromatic rings. The van der Waals surface area contributed by atoms with E-state index in [2.05, 4.69) is 0 Å². The van der Waals surface area contributed by atoms with Gasteiger partial charge in [0, 0.05) is 13.1 Å². The number of ether oxygens (including phenoxy) is 1. The fourth-order valence-corrected chi connectivity index (χ4v) is 3.23. The van der Waals surface area contributed by atoms with Crippen LogP contribution < -0.4 is 0 Å². The van der Waals surface area contributed by atoms with E-state index in [-0.39, 0.29) is 30.0 Å². The second-order valence-electron chi connectivity index (χ2n) is 6.31. The number of carboxylic acids is 1. The molecule has 1 amide bonds. The molecule has 0 aliphatic carbocycles. The molecule has 2 saturated heterocycles. The van der Waals surface area contributed by atoms with Crippen molar-refractivity contribution in [3.63, 3.8) is 0 Å². The van der Waals surface area contributed by atoms with Gasteiger partial charge in [0.15, 0.2) is 0 Å². The van der Waals surface area contributed by atoms with Crippen molar-refractivity contribution < 1.29 is 19.4 Å². The molecule has 19 heavy (non-hydrogen) atoms. The number of nitrogens with zero attached hydrogens (tertiary/aromatic N) is 1. The van der Waals surface area contributed by atoms with Gasteiger partial charge in [-0.2, -0.15) is 0 Å². The van der Waals surface area contributed by atoms with Gasteiger partial charge in [-0.3, -0.25) is 9.59 Å². The number of aliphatic carboxylic acids is 1. The normalized spacial score (nSPS) is 42.6. The standard InChI is InChI=1S/C14H23NO4/c1-8-9(2)19-10(3)11(8)12(16)15-6-5-14(4,7-15)13(17)18/h8-11H,5-7H2,1-4H3,(H,17,18). The molecule has 1 N–H and O–H groups in total. The predicted octanol–water partition coefficient (Wildman–Crippen LogP) is 1.37. The van der Waals surface area contributed by atoms with Crippen molar-refractivity contribution >= 4 is 11.9 Å². The summed E-state index contributed by atoms with van der Waals surface area (Å²) in [7, 11) is 0. The molecule has 0 aromatic carbocycles. The van der Waals surface area contributed by atoms with Gasteiger partial charge in [0.05, 0.1) is 23.5 Å². The van der Waals surface area contributed by atoms with Crippen LogP contribution in [-0.2, 0) is 14.3 Å². The number of carbonyl (C=O) groups excluding carboxylic acids is 1. The maximum atomic E-state index is 12.6. The monoisotopic (exact) mass is 269 g/mol. The van der Waals surface area contributed by atoms with Crippen molar-refractivity contribution in [1.82, 2.24) is 4.90 Å². The van der Waals surface area contributed by atoms with E-state index in [0.29, 0.717) is 19.5 Å². The fraction of sp³-hybridized carbons (Fsp3) is 0.857. The molecule has 5 nitrogen and oxygen atoms in total. The van der Waals surface area contributed by atoms with Gasteiger partial charge in [-0.1, -0.05) is 6.92 Å². The zero-order valence-electron chi connectivity index (χ0n) is 12.0. The Morgan fingerprint density at radius 1 is 1.26 bits per heavy atom. The van der Waals surface area contributed by atoms with Crippen LogP contribution >= 0.6 is 0 Å². The topological polar surface area (TPSA) is 66.8 Å². The SMILES string of the molecule is CC1OC(C)C(C(=O)N2CCC(C)(C(=O)O)C2)C1C. The maximum Gasteiger partial charge on any atom is 0.311 e. The average molecular weight is 269 g/mol. The second kappa shape index (κ2) is 4.78. The van der Waals surface area contributed by atoms with Gasteiger partial charge in [0.1, 0.15) is 0 Å². The van der Waals surface area contributed by atoms with E-state index in [1.165, 1.54) is 0 Å². The highest BCUT2D eigenvalue weighted by Gasteiger charge is 2.48. The van der Waals surface area contributed by atoms with E-state index in [0.717, 1.165) is 0 Å². The Labute approximate surface area is 113 Å². The Morgan fingerprint density at radius 3 is 2.32 bits per heavy atom. The summed E-state index contributed by atoms with van der Waals surface area (Å²) >= 11 is 0. The van der Waals surface area contributed by atoms with Gasteiger partial charge < -0.3 is 14.7 Å². The van der Waals surface area contributed by atoms with Crippen molar-refractivity contribution in [2.45, 2.75) is 46.3 Å². The first-order valence-corrected chi connectivity index (χ1v) is 6.94. The van der Waals surface area contributed by atoms with Crippen LogP contribution in [0.5, 0.6) is 0 Å². The van der Waals surface area contributed by atoms with Crippen LogP contribution in [-0.4, -0.2) is 47.2 Å². The number of amides is 1. The zero-order valence-corrected chi connectivity index (χ0v) is 12.0. The molecular formula is C14H23NO4. The first-order valence-electron chi connectivity index (χ1n) is 6.94. The zero-order chi connectivity index (χ0) is 14.4. The van der Waals surface area contributed by atoms with Crippen molar-refractivity contribution in [2.75, 3.05) is 13.1 Å². The van der Waals surface area contributed by atoms with Gasteiger partial charge in [0.2, 0.25) is 5.91 Å². The predicted molar refractivity (Wildman–Crippen MR) is 69.6 cm³/mol. The fourth-order valence-electron chi connectivity index (χ4n) is 3.23. The van der Waals surface area contributed by atoms with Gasteiger partial charge in [-0.25, -0.2) is 0 Å². The van der Waals surface area contributed by atoms with Crippen LogP contribution in [0.4, 0.5) is 0 Å². The van der Waals surface area contributed by atoms with Gasteiger partial charge in [0.25, 0.3) is 0 Å². The average Bonchev–Trinajstić information content (AvgIpc) is 2.83. The summed E-state index contributed by atoms with van der Waals surface area (Å²) in [5, 5.41) is 9.22. The highest BCUT2D eigenvalue weighted by molar-refractivity contribution is 5.83. The van der Waals surface area contributed by atoms with E-state index in [4.69, 9.17) is 4.74 Å². The lowest BCUT2D eigenvalue weighted by molar-refractivity contribution is -0.147. The smallest absolute Gasteiger partial charge is 0.311 e. The lowest BCUT2D eigenvalue weighted by Crippen LogP contribution is -2.41. The molecular weight excluding hydrogens is 246 g/mol. The Balaban J connectivity index is 2.08. The molecule has 2 aliphatic rings. The number of hydrogen-bond acceptors (Lipinski definition) is 3. The molecule has 0 spiro atoms. The lowest BCUT2D eigenvalue weighted by Gasteiger charge is -2.26. The maximum absolute atomic E-state index is 12.6. The Bertz CT molecular complexity index is 397. The van der Waals surface area contributed by atoms with Crippen molar-refractivity contribution in [3.05, 3.63) is 0 Å². The van der Waals surface area contributed by atoms with E-state index < -0.39 is 11.4 Å². The highest BCUT2D eigenvalue weighted by Crippen LogP contribution is 2.37. The number of rotatable bonds is 2. The summed E-state index contributed by atoms with van der Waals surface area (Å²) in [6.07, 6.45) is 0.520. The van der Waals surface area contributed by atoms with Crippen LogP contribution in [0.15, 0.2) is 0 Å². The molecule has 2 fully saturated rings. The number of carbonyl (C=O) groups is 2. The Morgan fingerprint density at radius 2 is 1.89 bits per heavy atom. The summed E-state index contributed by atoms with van der Waals surface area (Å²) in [5.74, 6) is -0.736. The van der Waals surface area contributed by atoms with Crippen molar-refractivity contribution in [3.8, 4) is 0 Å². The van der Waals surface area contributed by atoms with E-state index in [1.54, 1.807) is 11.8 Å². The van der Waals surface area contributed by atoms with Crippen LogP contribution in [0.3, 0.4) is 0 Å². The second-order valence-corrected chi connectivity index (χ2v) is 6.31. The molecule has 0 bridgehead atoms. The summed E-state index contributed by atoms with van der Waals surface area (Å²) < 4.78 is 5.70. The molecule has 5 unspecified atom stereocenters. The molecule has 2 rings (SSSR count). The van der Waals surface area contributed by atoms with Gasteiger partial charge in [-0.05, 0) is 33.1 Å². The summed E-state index contributed by atoms with van der Waals surface area (Å²) in [4.78, 5) is 25.5. The molecule has 2 aliphatic heterocycles. The van der Waals surface area contributed by atoms with E-state index in [9.17, 15) is 14.7 Å². The van der Waals surface area contributed by atoms with Gasteiger partial charge >= 0.3 is 5.97 Å². The minimum Gasteiger partial charge on any atom is -0.481 e. The largest absolute Gasteiger partial charge is 0.481 e. The third-order valence-electron chi connectivity index (χ3n) is 4.83. The van der Waals surface area contributed by atoms with Crippen LogP contribution in [0.25, 0.3) is 0 Å². The quantitative estimate of drug-likeness (QED) is 0.822. The molecule has 0 saturated carbocycles. The molecule has 0 aromatic heterocycles. The number of hydrogen-bond donors (Lipinski definition) is 1. The van der Waals surface area contributed by atoms with Crippen LogP contribution in [0.1, 0.15) is 34.1 Å². The van der Waals surface area contributed by atoms with Crippen LogP contribution in [0, 0.1) is 17.3 Å². The highest BCUT2D eigenvalue weighted by atomic mass is 16.5. The van der Waals surface area contributed by atoms with E-state index in [1.807, 2.05) is 20.8 Å². The molecule has 5 heteroatoms.